The molecule has 0 aromatic carbocycles. The summed E-state index contributed by atoms with van der Waals surface area (Å²) in [6, 6.07) is 4.61. The molecule has 124 valence electrons. The van der Waals surface area contributed by atoms with E-state index in [1.807, 2.05) is 13.1 Å². The molecule has 0 atom stereocenters. The van der Waals surface area contributed by atoms with Gasteiger partial charge in [-0.05, 0) is 25.0 Å². The van der Waals surface area contributed by atoms with E-state index in [0.29, 0.717) is 26.1 Å². The standard InChI is InChI=1S/C15H20N4O3S/c1-17-13(6-8-16-17)7-11-18-12-14(4-5-15(18)20)23(21,22)19-9-2-3-10-19/h4-6,8,12H,2-3,7,9-11H2,1H3. The summed E-state index contributed by atoms with van der Waals surface area (Å²) in [5.74, 6) is 0. The van der Waals surface area contributed by atoms with Crippen LogP contribution in [0.15, 0.2) is 40.3 Å². The van der Waals surface area contributed by atoms with E-state index in [4.69, 9.17) is 0 Å². The molecule has 23 heavy (non-hydrogen) atoms. The molecule has 0 N–H and O–H groups in total. The third-order valence-electron chi connectivity index (χ3n) is 4.19. The molecule has 1 aliphatic rings. The van der Waals surface area contributed by atoms with Crippen LogP contribution in [0.4, 0.5) is 0 Å². The van der Waals surface area contributed by atoms with Crippen molar-refractivity contribution in [1.82, 2.24) is 18.7 Å². The molecule has 7 nitrogen and oxygen atoms in total. The minimum Gasteiger partial charge on any atom is -0.314 e. The van der Waals surface area contributed by atoms with E-state index in [1.165, 1.54) is 27.2 Å². The van der Waals surface area contributed by atoms with Gasteiger partial charge in [-0.1, -0.05) is 0 Å². The maximum absolute atomic E-state index is 12.6. The number of aryl methyl sites for hydroxylation is 3. The number of rotatable bonds is 5. The van der Waals surface area contributed by atoms with Crippen LogP contribution in [0.1, 0.15) is 18.5 Å². The molecule has 2 aromatic heterocycles. The Hall–Kier alpha value is -1.93. The van der Waals surface area contributed by atoms with E-state index >= 15 is 0 Å². The highest BCUT2D eigenvalue weighted by Crippen LogP contribution is 2.19. The molecule has 8 heteroatoms. The van der Waals surface area contributed by atoms with E-state index in [2.05, 4.69) is 5.10 Å². The van der Waals surface area contributed by atoms with Crippen molar-refractivity contribution in [1.29, 1.82) is 0 Å². The van der Waals surface area contributed by atoms with Crippen LogP contribution in [0.2, 0.25) is 0 Å². The maximum atomic E-state index is 12.6. The van der Waals surface area contributed by atoms with Crippen molar-refractivity contribution in [3.8, 4) is 0 Å². The van der Waals surface area contributed by atoms with E-state index in [-0.39, 0.29) is 10.5 Å². The minimum absolute atomic E-state index is 0.184. The highest BCUT2D eigenvalue weighted by atomic mass is 32.2. The van der Waals surface area contributed by atoms with Crippen LogP contribution in [-0.4, -0.2) is 40.2 Å². The van der Waals surface area contributed by atoms with Gasteiger partial charge in [0.2, 0.25) is 10.0 Å². The molecule has 1 aliphatic heterocycles. The topological polar surface area (TPSA) is 77.2 Å². The van der Waals surface area contributed by atoms with Gasteiger partial charge in [-0.2, -0.15) is 9.40 Å². The molecule has 3 rings (SSSR count). The zero-order valence-electron chi connectivity index (χ0n) is 13.1. The summed E-state index contributed by atoms with van der Waals surface area (Å²) < 4.78 is 29.8. The summed E-state index contributed by atoms with van der Waals surface area (Å²) in [5, 5.41) is 4.09. The van der Waals surface area contributed by atoms with Gasteiger partial charge in [0.05, 0.1) is 4.90 Å². The maximum Gasteiger partial charge on any atom is 0.250 e. The zero-order chi connectivity index (χ0) is 16.4. The molecule has 0 unspecified atom stereocenters. The predicted octanol–water partition coefficient (Wildman–Crippen LogP) is 0.609. The number of hydrogen-bond donors (Lipinski definition) is 0. The monoisotopic (exact) mass is 336 g/mol. The summed E-state index contributed by atoms with van der Waals surface area (Å²) in [4.78, 5) is 12.2. The van der Waals surface area contributed by atoms with Gasteiger partial charge >= 0.3 is 0 Å². The van der Waals surface area contributed by atoms with Crippen LogP contribution in [0.3, 0.4) is 0 Å². The van der Waals surface area contributed by atoms with Crippen LogP contribution in [0.25, 0.3) is 0 Å². The van der Waals surface area contributed by atoms with Gasteiger partial charge in [-0.3, -0.25) is 9.48 Å². The van der Waals surface area contributed by atoms with E-state index in [0.717, 1.165) is 18.5 Å². The van der Waals surface area contributed by atoms with Crippen molar-refractivity contribution in [3.05, 3.63) is 46.6 Å². The first-order valence-electron chi connectivity index (χ1n) is 7.66. The third-order valence-corrected chi connectivity index (χ3v) is 6.07. The van der Waals surface area contributed by atoms with Crippen LogP contribution in [-0.2, 0) is 30.0 Å². The zero-order valence-corrected chi connectivity index (χ0v) is 13.9. The first-order valence-corrected chi connectivity index (χ1v) is 9.10. The van der Waals surface area contributed by atoms with Gasteiger partial charge in [-0.25, -0.2) is 8.42 Å². The van der Waals surface area contributed by atoms with Crippen LogP contribution < -0.4 is 5.56 Å². The number of nitrogens with zero attached hydrogens (tertiary/aromatic N) is 4. The smallest absolute Gasteiger partial charge is 0.250 e. The lowest BCUT2D eigenvalue weighted by Crippen LogP contribution is -2.30. The van der Waals surface area contributed by atoms with Gasteiger partial charge in [0, 0.05) is 57.3 Å². The second-order valence-electron chi connectivity index (χ2n) is 5.70. The van der Waals surface area contributed by atoms with Crippen molar-refractivity contribution in [2.75, 3.05) is 13.1 Å². The van der Waals surface area contributed by atoms with Crippen molar-refractivity contribution in [2.24, 2.45) is 7.05 Å². The van der Waals surface area contributed by atoms with Crippen molar-refractivity contribution < 1.29 is 8.42 Å². The fraction of sp³-hybridized carbons (Fsp3) is 0.467. The Bertz CT molecular complexity index is 848. The molecule has 0 aliphatic carbocycles. The van der Waals surface area contributed by atoms with Gasteiger partial charge < -0.3 is 4.57 Å². The Morgan fingerprint density at radius 2 is 1.91 bits per heavy atom. The lowest BCUT2D eigenvalue weighted by molar-refractivity contribution is 0.476. The van der Waals surface area contributed by atoms with Crippen LogP contribution in [0.5, 0.6) is 0 Å². The molecule has 1 fully saturated rings. The molecule has 0 radical (unpaired) electrons. The highest BCUT2D eigenvalue weighted by molar-refractivity contribution is 7.89. The second-order valence-corrected chi connectivity index (χ2v) is 7.64. The molecule has 0 saturated carbocycles. The summed E-state index contributed by atoms with van der Waals surface area (Å²) in [6.45, 7) is 1.52. The SMILES string of the molecule is Cn1nccc1CCn1cc(S(=O)(=O)N2CCCC2)ccc1=O. The second kappa shape index (κ2) is 6.29. The van der Waals surface area contributed by atoms with Crippen molar-refractivity contribution in [2.45, 2.75) is 30.7 Å². The molecular weight excluding hydrogens is 316 g/mol. The Morgan fingerprint density at radius 3 is 2.57 bits per heavy atom. The summed E-state index contributed by atoms with van der Waals surface area (Å²) in [5.41, 5.74) is 0.789. The molecule has 3 heterocycles. The largest absolute Gasteiger partial charge is 0.314 e. The predicted molar refractivity (Wildman–Crippen MR) is 85.6 cm³/mol. The number of hydrogen-bond acceptors (Lipinski definition) is 4. The quantitative estimate of drug-likeness (QED) is 0.801. The summed E-state index contributed by atoms with van der Waals surface area (Å²) >= 11 is 0. The Morgan fingerprint density at radius 1 is 1.17 bits per heavy atom. The van der Waals surface area contributed by atoms with Crippen LogP contribution in [0, 0.1) is 0 Å². The lowest BCUT2D eigenvalue weighted by atomic mass is 10.3. The molecular formula is C15H20N4O3S. The summed E-state index contributed by atoms with van der Waals surface area (Å²) in [6.07, 6.45) is 5.54. The Balaban J connectivity index is 1.84. The molecule has 0 amide bonds. The average molecular weight is 336 g/mol. The van der Waals surface area contributed by atoms with E-state index < -0.39 is 10.0 Å². The lowest BCUT2D eigenvalue weighted by Gasteiger charge is -2.16. The Labute approximate surface area is 135 Å². The first-order chi connectivity index (χ1) is 11.0. The molecule has 1 saturated heterocycles. The van der Waals surface area contributed by atoms with Crippen LogP contribution >= 0.6 is 0 Å². The third kappa shape index (κ3) is 3.23. The first kappa shape index (κ1) is 15.9. The van der Waals surface area contributed by atoms with Crippen molar-refractivity contribution >= 4 is 10.0 Å². The van der Waals surface area contributed by atoms with Gasteiger partial charge in [-0.15, -0.1) is 0 Å². The number of pyridine rings is 1. The highest BCUT2D eigenvalue weighted by Gasteiger charge is 2.27. The molecule has 0 bridgehead atoms. The van der Waals surface area contributed by atoms with Gasteiger partial charge in [0.1, 0.15) is 0 Å². The van der Waals surface area contributed by atoms with E-state index in [9.17, 15) is 13.2 Å². The molecule has 0 spiro atoms. The average Bonchev–Trinajstić information content (AvgIpc) is 3.18. The number of aromatic nitrogens is 3. The minimum atomic E-state index is -3.50. The normalized spacial score (nSPS) is 16.0. The molecule has 2 aromatic rings. The fourth-order valence-electron chi connectivity index (χ4n) is 2.80. The van der Waals surface area contributed by atoms with Gasteiger partial charge in [0.25, 0.3) is 5.56 Å². The van der Waals surface area contributed by atoms with Gasteiger partial charge in [0.15, 0.2) is 0 Å². The number of sulfonamides is 1. The summed E-state index contributed by atoms with van der Waals surface area (Å²) in [7, 11) is -1.66. The van der Waals surface area contributed by atoms with E-state index in [1.54, 1.807) is 10.9 Å². The fourth-order valence-corrected chi connectivity index (χ4v) is 4.33. The van der Waals surface area contributed by atoms with Crippen molar-refractivity contribution in [3.63, 3.8) is 0 Å². The Kier molecular flexibility index (Phi) is 4.36.